The average Bonchev–Trinajstić information content (AvgIpc) is 2.39. The highest BCUT2D eigenvalue weighted by molar-refractivity contribution is 5.11. The van der Waals surface area contributed by atoms with Gasteiger partial charge in [-0.25, -0.2) is 0 Å². The van der Waals surface area contributed by atoms with Crippen molar-refractivity contribution in [3.63, 3.8) is 0 Å². The molecular weight excluding hydrogens is 112 g/mol. The average molecular weight is 124 g/mol. The van der Waals surface area contributed by atoms with Crippen molar-refractivity contribution in [3.05, 3.63) is 12.7 Å². The molecule has 1 heterocycles. The SMILES string of the molecule is C=C[C@H]1OC[C@@]2(C)C[C@@H]12. The summed E-state index contributed by atoms with van der Waals surface area (Å²) in [4.78, 5) is 0. The molecule has 1 heteroatoms. The second kappa shape index (κ2) is 1.40. The Morgan fingerprint density at radius 2 is 2.56 bits per heavy atom. The minimum absolute atomic E-state index is 0.370. The molecule has 1 saturated heterocycles. The van der Waals surface area contributed by atoms with Crippen LogP contribution >= 0.6 is 0 Å². The van der Waals surface area contributed by atoms with E-state index in [0.717, 1.165) is 12.5 Å². The highest BCUT2D eigenvalue weighted by Gasteiger charge is 2.58. The summed E-state index contributed by atoms with van der Waals surface area (Å²) in [7, 11) is 0. The third-order valence-electron chi connectivity index (χ3n) is 2.66. The van der Waals surface area contributed by atoms with Gasteiger partial charge in [-0.15, -0.1) is 6.58 Å². The summed E-state index contributed by atoms with van der Waals surface area (Å²) in [5, 5.41) is 0. The summed E-state index contributed by atoms with van der Waals surface area (Å²) in [6, 6.07) is 0. The first-order chi connectivity index (χ1) is 4.26. The van der Waals surface area contributed by atoms with Crippen LogP contribution in [0.15, 0.2) is 12.7 Å². The van der Waals surface area contributed by atoms with E-state index in [9.17, 15) is 0 Å². The van der Waals surface area contributed by atoms with Crippen molar-refractivity contribution < 1.29 is 4.74 Å². The van der Waals surface area contributed by atoms with Crippen molar-refractivity contribution in [2.75, 3.05) is 6.61 Å². The quantitative estimate of drug-likeness (QED) is 0.482. The van der Waals surface area contributed by atoms with E-state index >= 15 is 0 Å². The molecule has 2 fully saturated rings. The molecule has 0 aromatic carbocycles. The van der Waals surface area contributed by atoms with Crippen LogP contribution in [0.5, 0.6) is 0 Å². The van der Waals surface area contributed by atoms with Gasteiger partial charge in [0.25, 0.3) is 0 Å². The summed E-state index contributed by atoms with van der Waals surface area (Å²) in [6.07, 6.45) is 3.65. The standard InChI is InChI=1S/C8H12O/c1-3-7-6-4-8(6,2)5-9-7/h3,6-7H,1,4-5H2,2H3/t6-,7+,8+/m0/s1. The van der Waals surface area contributed by atoms with Gasteiger partial charge in [-0.05, 0) is 17.8 Å². The Balaban J connectivity index is 2.12. The Morgan fingerprint density at radius 3 is 2.78 bits per heavy atom. The summed E-state index contributed by atoms with van der Waals surface area (Å²) in [5.74, 6) is 0.801. The fourth-order valence-corrected chi connectivity index (χ4v) is 1.76. The third kappa shape index (κ3) is 0.584. The first-order valence-corrected chi connectivity index (χ1v) is 3.50. The zero-order chi connectivity index (χ0) is 6.48. The molecule has 2 rings (SSSR count). The molecule has 1 aliphatic carbocycles. The van der Waals surface area contributed by atoms with Gasteiger partial charge in [-0.1, -0.05) is 13.0 Å². The largest absolute Gasteiger partial charge is 0.373 e. The van der Waals surface area contributed by atoms with Crippen LogP contribution in [0.3, 0.4) is 0 Å². The second-order valence-electron chi connectivity index (χ2n) is 3.48. The van der Waals surface area contributed by atoms with Crippen LogP contribution in [-0.4, -0.2) is 12.7 Å². The number of hydrogen-bond acceptors (Lipinski definition) is 1. The van der Waals surface area contributed by atoms with Gasteiger partial charge in [0.05, 0.1) is 12.7 Å². The zero-order valence-corrected chi connectivity index (χ0v) is 5.76. The lowest BCUT2D eigenvalue weighted by atomic mass is 10.1. The van der Waals surface area contributed by atoms with E-state index in [1.54, 1.807) is 0 Å². The van der Waals surface area contributed by atoms with E-state index < -0.39 is 0 Å². The first-order valence-electron chi connectivity index (χ1n) is 3.50. The third-order valence-corrected chi connectivity index (χ3v) is 2.66. The lowest BCUT2D eigenvalue weighted by molar-refractivity contribution is 0.104. The lowest BCUT2D eigenvalue weighted by Crippen LogP contribution is -2.04. The van der Waals surface area contributed by atoms with Crippen molar-refractivity contribution in [2.24, 2.45) is 11.3 Å². The van der Waals surface area contributed by atoms with Crippen LogP contribution in [0.25, 0.3) is 0 Å². The highest BCUT2D eigenvalue weighted by Crippen LogP contribution is 2.59. The molecule has 1 saturated carbocycles. The summed E-state index contributed by atoms with van der Waals surface area (Å²) < 4.78 is 5.45. The van der Waals surface area contributed by atoms with Gasteiger partial charge in [0, 0.05) is 0 Å². The van der Waals surface area contributed by atoms with Crippen molar-refractivity contribution in [2.45, 2.75) is 19.4 Å². The van der Waals surface area contributed by atoms with E-state index in [4.69, 9.17) is 4.74 Å². The molecule has 0 aromatic rings. The number of fused-ring (bicyclic) bond motifs is 1. The maximum absolute atomic E-state index is 5.45. The fraction of sp³-hybridized carbons (Fsp3) is 0.750. The van der Waals surface area contributed by atoms with Crippen molar-refractivity contribution >= 4 is 0 Å². The maximum atomic E-state index is 5.45. The van der Waals surface area contributed by atoms with E-state index in [1.807, 2.05) is 6.08 Å². The van der Waals surface area contributed by atoms with E-state index in [-0.39, 0.29) is 0 Å². The highest BCUT2D eigenvalue weighted by atomic mass is 16.5. The van der Waals surface area contributed by atoms with E-state index in [2.05, 4.69) is 13.5 Å². The molecule has 2 aliphatic rings. The Morgan fingerprint density at radius 1 is 1.78 bits per heavy atom. The molecular formula is C8H12O. The monoisotopic (exact) mass is 124 g/mol. The van der Waals surface area contributed by atoms with Gasteiger partial charge in [0.1, 0.15) is 0 Å². The topological polar surface area (TPSA) is 9.23 Å². The fourth-order valence-electron chi connectivity index (χ4n) is 1.76. The molecule has 0 radical (unpaired) electrons. The molecule has 0 unspecified atom stereocenters. The molecule has 0 N–H and O–H groups in total. The molecule has 0 amide bonds. The summed E-state index contributed by atoms with van der Waals surface area (Å²) >= 11 is 0. The Bertz CT molecular complexity index is 153. The van der Waals surface area contributed by atoms with Crippen molar-refractivity contribution in [3.8, 4) is 0 Å². The lowest BCUT2D eigenvalue weighted by Gasteiger charge is -2.03. The van der Waals surface area contributed by atoms with E-state index in [0.29, 0.717) is 11.5 Å². The Hall–Kier alpha value is -0.300. The van der Waals surface area contributed by atoms with Crippen molar-refractivity contribution in [1.82, 2.24) is 0 Å². The van der Waals surface area contributed by atoms with Crippen LogP contribution < -0.4 is 0 Å². The smallest absolute Gasteiger partial charge is 0.0787 e. The molecule has 50 valence electrons. The number of ether oxygens (including phenoxy) is 1. The second-order valence-corrected chi connectivity index (χ2v) is 3.48. The first kappa shape index (κ1) is 5.48. The molecule has 0 bridgehead atoms. The molecule has 9 heavy (non-hydrogen) atoms. The Kier molecular flexibility index (Phi) is 0.854. The van der Waals surface area contributed by atoms with Crippen LogP contribution in [-0.2, 0) is 4.74 Å². The summed E-state index contributed by atoms with van der Waals surface area (Å²) in [5.41, 5.74) is 0.541. The van der Waals surface area contributed by atoms with E-state index in [1.165, 1.54) is 6.42 Å². The number of rotatable bonds is 1. The van der Waals surface area contributed by atoms with Crippen LogP contribution in [0.2, 0.25) is 0 Å². The maximum Gasteiger partial charge on any atom is 0.0787 e. The van der Waals surface area contributed by atoms with Gasteiger partial charge >= 0.3 is 0 Å². The van der Waals surface area contributed by atoms with Crippen LogP contribution in [0, 0.1) is 11.3 Å². The molecule has 0 spiro atoms. The van der Waals surface area contributed by atoms with Gasteiger partial charge in [0.15, 0.2) is 0 Å². The minimum Gasteiger partial charge on any atom is -0.373 e. The molecule has 3 atom stereocenters. The molecule has 1 aliphatic heterocycles. The zero-order valence-electron chi connectivity index (χ0n) is 5.76. The van der Waals surface area contributed by atoms with Gasteiger partial charge in [-0.2, -0.15) is 0 Å². The van der Waals surface area contributed by atoms with Crippen LogP contribution in [0.4, 0.5) is 0 Å². The van der Waals surface area contributed by atoms with Crippen molar-refractivity contribution in [1.29, 1.82) is 0 Å². The van der Waals surface area contributed by atoms with Gasteiger partial charge in [0.2, 0.25) is 0 Å². The molecule has 0 aromatic heterocycles. The predicted octanol–water partition coefficient (Wildman–Crippen LogP) is 1.60. The Labute approximate surface area is 55.7 Å². The predicted molar refractivity (Wildman–Crippen MR) is 36.2 cm³/mol. The van der Waals surface area contributed by atoms with Gasteiger partial charge < -0.3 is 4.74 Å². The summed E-state index contributed by atoms with van der Waals surface area (Å²) in [6.45, 7) is 6.97. The number of hydrogen-bond donors (Lipinski definition) is 0. The molecule has 1 nitrogen and oxygen atoms in total. The minimum atomic E-state index is 0.370. The van der Waals surface area contributed by atoms with Gasteiger partial charge in [-0.3, -0.25) is 0 Å². The van der Waals surface area contributed by atoms with Crippen LogP contribution in [0.1, 0.15) is 13.3 Å². The normalized spacial score (nSPS) is 54.8.